The summed E-state index contributed by atoms with van der Waals surface area (Å²) in [6.07, 6.45) is 1.61. The number of anilines is 1. The van der Waals surface area contributed by atoms with Crippen molar-refractivity contribution in [2.24, 2.45) is 0 Å². The Morgan fingerprint density at radius 2 is 1.73 bits per heavy atom. The van der Waals surface area contributed by atoms with Crippen molar-refractivity contribution in [3.05, 3.63) is 53.3 Å². The molecule has 0 radical (unpaired) electrons. The number of carbonyl (C=O) groups is 1. The van der Waals surface area contributed by atoms with E-state index < -0.39 is 0 Å². The van der Waals surface area contributed by atoms with Gasteiger partial charge < -0.3 is 9.80 Å². The maximum Gasteiger partial charge on any atom is 0.219 e. The first-order valence-corrected chi connectivity index (χ1v) is 9.42. The Morgan fingerprint density at radius 3 is 2.42 bits per heavy atom. The molecule has 1 fully saturated rings. The molecule has 132 valence electrons. The smallest absolute Gasteiger partial charge is 0.219 e. The quantitative estimate of drug-likeness (QED) is 0.645. The molecule has 5 nitrogen and oxygen atoms in total. The molecule has 0 N–H and O–H groups in total. The molecule has 0 spiro atoms. The number of rotatable bonds is 2. The van der Waals surface area contributed by atoms with Crippen molar-refractivity contribution in [2.75, 3.05) is 31.1 Å². The zero-order valence-electron chi connectivity index (χ0n) is 14.5. The van der Waals surface area contributed by atoms with E-state index in [2.05, 4.69) is 61.1 Å². The second-order valence-electron chi connectivity index (χ2n) is 6.42. The maximum absolute atomic E-state index is 11.5. The molecule has 0 saturated carbocycles. The normalized spacial score (nSPS) is 14.7. The summed E-state index contributed by atoms with van der Waals surface area (Å²) in [6.45, 7) is 4.92. The summed E-state index contributed by atoms with van der Waals surface area (Å²) < 4.78 is 1.01. The Bertz CT molecular complexity index is 950. The molecular formula is C20H19BrN4O. The first-order valence-electron chi connectivity index (χ1n) is 8.63. The highest BCUT2D eigenvalue weighted by molar-refractivity contribution is 9.10. The van der Waals surface area contributed by atoms with Gasteiger partial charge in [-0.1, -0.05) is 28.1 Å². The van der Waals surface area contributed by atoms with Gasteiger partial charge in [-0.2, -0.15) is 0 Å². The fourth-order valence-electron chi connectivity index (χ4n) is 3.37. The molecular weight excluding hydrogens is 392 g/mol. The lowest BCUT2D eigenvalue weighted by molar-refractivity contribution is -0.129. The zero-order valence-corrected chi connectivity index (χ0v) is 16.1. The van der Waals surface area contributed by atoms with Crippen molar-refractivity contribution in [1.82, 2.24) is 14.9 Å². The van der Waals surface area contributed by atoms with Crippen LogP contribution in [0, 0.1) is 0 Å². The van der Waals surface area contributed by atoms with Crippen LogP contribution in [0.3, 0.4) is 0 Å². The molecule has 1 aliphatic heterocycles. The lowest BCUT2D eigenvalue weighted by Gasteiger charge is -2.35. The van der Waals surface area contributed by atoms with Crippen LogP contribution in [0.15, 0.2) is 53.3 Å². The molecule has 2 heterocycles. The first-order chi connectivity index (χ1) is 12.6. The van der Waals surface area contributed by atoms with Gasteiger partial charge in [0.1, 0.15) is 6.33 Å². The zero-order chi connectivity index (χ0) is 18.1. The van der Waals surface area contributed by atoms with E-state index in [1.165, 1.54) is 5.69 Å². The number of hydrogen-bond acceptors (Lipinski definition) is 4. The highest BCUT2D eigenvalue weighted by Crippen LogP contribution is 2.29. The van der Waals surface area contributed by atoms with Gasteiger partial charge in [0.25, 0.3) is 0 Å². The second kappa shape index (κ2) is 7.03. The standard InChI is InChI=1S/C20H19BrN4O/c1-14(26)24-8-10-25(11-9-24)17-5-2-15(3-6-17)20-18-12-16(21)4-7-19(18)22-13-23-20/h2-7,12-13H,8-11H2,1H3. The maximum atomic E-state index is 11.5. The largest absolute Gasteiger partial charge is 0.368 e. The Hall–Kier alpha value is -2.47. The van der Waals surface area contributed by atoms with Crippen LogP contribution in [0.5, 0.6) is 0 Å². The summed E-state index contributed by atoms with van der Waals surface area (Å²) in [6, 6.07) is 14.5. The third kappa shape index (κ3) is 3.29. The van der Waals surface area contributed by atoms with Crippen LogP contribution in [-0.2, 0) is 4.79 Å². The van der Waals surface area contributed by atoms with Crippen LogP contribution < -0.4 is 4.90 Å². The molecule has 0 bridgehead atoms. The molecule has 6 heteroatoms. The average Bonchev–Trinajstić information content (AvgIpc) is 2.68. The van der Waals surface area contributed by atoms with Gasteiger partial charge in [0.2, 0.25) is 5.91 Å². The number of benzene rings is 2. The molecule has 1 aliphatic rings. The molecule has 4 rings (SSSR count). The molecule has 0 unspecified atom stereocenters. The Morgan fingerprint density at radius 1 is 1.00 bits per heavy atom. The second-order valence-corrected chi connectivity index (χ2v) is 7.34. The van der Waals surface area contributed by atoms with Crippen LogP contribution in [0.1, 0.15) is 6.92 Å². The van der Waals surface area contributed by atoms with Gasteiger partial charge in [-0.25, -0.2) is 9.97 Å². The van der Waals surface area contributed by atoms with Gasteiger partial charge >= 0.3 is 0 Å². The van der Waals surface area contributed by atoms with E-state index in [0.29, 0.717) is 0 Å². The molecule has 1 aromatic heterocycles. The summed E-state index contributed by atoms with van der Waals surface area (Å²) >= 11 is 3.53. The van der Waals surface area contributed by atoms with E-state index in [1.807, 2.05) is 17.0 Å². The molecule has 1 amide bonds. The fraction of sp³-hybridized carbons (Fsp3) is 0.250. The van der Waals surface area contributed by atoms with Gasteiger partial charge in [-0.3, -0.25) is 4.79 Å². The van der Waals surface area contributed by atoms with Crippen LogP contribution in [0.4, 0.5) is 5.69 Å². The Labute approximate surface area is 160 Å². The molecule has 1 saturated heterocycles. The number of amides is 1. The third-order valence-corrected chi connectivity index (χ3v) is 5.32. The number of piperazine rings is 1. The lowest BCUT2D eigenvalue weighted by Crippen LogP contribution is -2.48. The van der Waals surface area contributed by atoms with Crippen molar-refractivity contribution in [2.45, 2.75) is 6.92 Å². The van der Waals surface area contributed by atoms with Crippen LogP contribution in [0.2, 0.25) is 0 Å². The number of fused-ring (bicyclic) bond motifs is 1. The Kier molecular flexibility index (Phi) is 4.59. The molecule has 0 aliphatic carbocycles. The van der Waals surface area contributed by atoms with Gasteiger partial charge in [-0.05, 0) is 30.3 Å². The van der Waals surface area contributed by atoms with E-state index >= 15 is 0 Å². The number of hydrogen-bond donors (Lipinski definition) is 0. The van der Waals surface area contributed by atoms with Crippen molar-refractivity contribution < 1.29 is 4.79 Å². The van der Waals surface area contributed by atoms with Gasteiger partial charge in [-0.15, -0.1) is 0 Å². The predicted octanol–water partition coefficient (Wildman–Crippen LogP) is 3.73. The molecule has 26 heavy (non-hydrogen) atoms. The molecule has 2 aromatic carbocycles. The summed E-state index contributed by atoms with van der Waals surface area (Å²) in [5.41, 5.74) is 4.12. The summed E-state index contributed by atoms with van der Waals surface area (Å²) in [5.74, 6) is 0.154. The number of halogens is 1. The van der Waals surface area contributed by atoms with E-state index in [-0.39, 0.29) is 5.91 Å². The van der Waals surface area contributed by atoms with Gasteiger partial charge in [0.15, 0.2) is 0 Å². The van der Waals surface area contributed by atoms with Gasteiger partial charge in [0, 0.05) is 54.2 Å². The fourth-order valence-corrected chi connectivity index (χ4v) is 3.73. The minimum atomic E-state index is 0.154. The van der Waals surface area contributed by atoms with E-state index in [0.717, 1.165) is 52.8 Å². The monoisotopic (exact) mass is 410 g/mol. The number of aromatic nitrogens is 2. The van der Waals surface area contributed by atoms with Crippen molar-refractivity contribution >= 4 is 38.4 Å². The summed E-state index contributed by atoms with van der Waals surface area (Å²) in [7, 11) is 0. The van der Waals surface area contributed by atoms with Crippen molar-refractivity contribution in [1.29, 1.82) is 0 Å². The molecule has 0 atom stereocenters. The van der Waals surface area contributed by atoms with Crippen molar-refractivity contribution in [3.63, 3.8) is 0 Å². The predicted molar refractivity (Wildman–Crippen MR) is 107 cm³/mol. The third-order valence-electron chi connectivity index (χ3n) is 4.83. The Balaban J connectivity index is 1.59. The van der Waals surface area contributed by atoms with Crippen LogP contribution in [0.25, 0.3) is 22.2 Å². The minimum Gasteiger partial charge on any atom is -0.368 e. The first kappa shape index (κ1) is 17.0. The lowest BCUT2D eigenvalue weighted by atomic mass is 10.1. The van der Waals surface area contributed by atoms with E-state index in [1.54, 1.807) is 13.3 Å². The summed E-state index contributed by atoms with van der Waals surface area (Å²) in [5, 5.41) is 1.03. The summed E-state index contributed by atoms with van der Waals surface area (Å²) in [4.78, 5) is 24.5. The van der Waals surface area contributed by atoms with Crippen molar-refractivity contribution in [3.8, 4) is 11.3 Å². The van der Waals surface area contributed by atoms with E-state index in [4.69, 9.17) is 0 Å². The highest BCUT2D eigenvalue weighted by atomic mass is 79.9. The number of carbonyl (C=O) groups excluding carboxylic acids is 1. The SMILES string of the molecule is CC(=O)N1CCN(c2ccc(-c3ncnc4ccc(Br)cc34)cc2)CC1. The average molecular weight is 411 g/mol. The highest BCUT2D eigenvalue weighted by Gasteiger charge is 2.18. The van der Waals surface area contributed by atoms with Crippen LogP contribution in [-0.4, -0.2) is 47.0 Å². The topological polar surface area (TPSA) is 49.3 Å². The molecule has 3 aromatic rings. The van der Waals surface area contributed by atoms with Crippen LogP contribution >= 0.6 is 15.9 Å². The van der Waals surface area contributed by atoms with E-state index in [9.17, 15) is 4.79 Å². The van der Waals surface area contributed by atoms with Gasteiger partial charge in [0.05, 0.1) is 11.2 Å². The number of nitrogens with zero attached hydrogens (tertiary/aromatic N) is 4. The minimum absolute atomic E-state index is 0.154.